The number of anilines is 1. The average molecular weight is 390 g/mol. The summed E-state index contributed by atoms with van der Waals surface area (Å²) in [6.45, 7) is 0. The van der Waals surface area contributed by atoms with Crippen LogP contribution in [-0.4, -0.2) is 28.7 Å². The molecular formula is C11H8F6N4O3S. The molecule has 14 heteroatoms. The average Bonchev–Trinajstić information content (AvgIpc) is 2.81. The number of hydrogen-bond acceptors (Lipinski definition) is 5. The third kappa shape index (κ3) is 4.12. The normalized spacial score (nSPS) is 12.9. The van der Waals surface area contributed by atoms with Crippen molar-refractivity contribution in [2.45, 2.75) is 11.7 Å². The number of hydrogen-bond donors (Lipinski definition) is 1. The summed E-state index contributed by atoms with van der Waals surface area (Å²) in [4.78, 5) is 0. The summed E-state index contributed by atoms with van der Waals surface area (Å²) in [5.74, 6) is -1.41. The molecule has 0 aliphatic heterocycles. The molecule has 0 spiro atoms. The zero-order valence-corrected chi connectivity index (χ0v) is 12.9. The first-order valence-electron chi connectivity index (χ1n) is 6.15. The van der Waals surface area contributed by atoms with Gasteiger partial charge in [0.1, 0.15) is 5.75 Å². The molecule has 0 bridgehead atoms. The van der Waals surface area contributed by atoms with Crippen LogP contribution < -0.4 is 9.46 Å². The van der Waals surface area contributed by atoms with Crippen molar-refractivity contribution in [3.8, 4) is 11.8 Å². The molecule has 1 aromatic carbocycles. The highest BCUT2D eigenvalue weighted by Crippen LogP contribution is 2.31. The van der Waals surface area contributed by atoms with Gasteiger partial charge >= 0.3 is 27.7 Å². The van der Waals surface area contributed by atoms with Crippen molar-refractivity contribution < 1.29 is 39.5 Å². The fraction of sp³-hybridized carbons (Fsp3) is 0.273. The van der Waals surface area contributed by atoms with E-state index in [2.05, 4.69) is 10.2 Å². The molecule has 0 saturated heterocycles. The van der Waals surface area contributed by atoms with Gasteiger partial charge in [-0.25, -0.2) is 0 Å². The van der Waals surface area contributed by atoms with Gasteiger partial charge in [0.15, 0.2) is 0 Å². The minimum atomic E-state index is -5.58. The van der Waals surface area contributed by atoms with E-state index in [0.29, 0.717) is 4.57 Å². The molecule has 1 heterocycles. The number of nitrogens with zero attached hydrogens (tertiary/aromatic N) is 3. The van der Waals surface area contributed by atoms with E-state index in [0.717, 1.165) is 31.3 Å². The third-order valence-corrected chi connectivity index (χ3v) is 3.82. The van der Waals surface area contributed by atoms with Crippen molar-refractivity contribution in [1.29, 1.82) is 0 Å². The van der Waals surface area contributed by atoms with Gasteiger partial charge in [0.25, 0.3) is 0 Å². The summed E-state index contributed by atoms with van der Waals surface area (Å²) in [5, 5.41) is 6.12. The Hall–Kier alpha value is -2.51. The number of nitrogens with one attached hydrogen (secondary N) is 1. The van der Waals surface area contributed by atoms with Gasteiger partial charge in [-0.15, -0.1) is 5.10 Å². The molecule has 138 valence electrons. The fourth-order valence-electron chi connectivity index (χ4n) is 1.56. The molecule has 7 nitrogen and oxygen atoms in total. The van der Waals surface area contributed by atoms with E-state index in [1.807, 2.05) is 0 Å². The highest BCUT2D eigenvalue weighted by atomic mass is 32.2. The van der Waals surface area contributed by atoms with E-state index in [-0.39, 0.29) is 5.75 Å². The van der Waals surface area contributed by atoms with Gasteiger partial charge in [-0.1, -0.05) is 5.10 Å². The lowest BCUT2D eigenvalue weighted by Gasteiger charge is -2.11. The number of ether oxygens (including phenoxy) is 1. The van der Waals surface area contributed by atoms with Crippen LogP contribution in [0, 0.1) is 0 Å². The standard InChI is InChI=1S/C11H8F6N4O3S/c1-21-8(10(12,13)14)18-19-9(21)24-7-4-2-6(3-5-7)20-25(22,23)11(15,16)17/h2-5,20H,1H3. The Morgan fingerprint density at radius 3 is 2.04 bits per heavy atom. The van der Waals surface area contributed by atoms with Crippen molar-refractivity contribution in [3.63, 3.8) is 0 Å². The van der Waals surface area contributed by atoms with Crippen LogP contribution in [0.15, 0.2) is 24.3 Å². The van der Waals surface area contributed by atoms with Crippen molar-refractivity contribution in [1.82, 2.24) is 14.8 Å². The van der Waals surface area contributed by atoms with Crippen LogP contribution in [-0.2, 0) is 23.2 Å². The molecule has 0 fully saturated rings. The Balaban J connectivity index is 2.16. The molecule has 1 N–H and O–H groups in total. The number of aromatic nitrogens is 3. The van der Waals surface area contributed by atoms with Gasteiger partial charge in [-0.3, -0.25) is 9.29 Å². The Kier molecular flexibility index (Phi) is 4.59. The minimum Gasteiger partial charge on any atom is -0.424 e. The predicted octanol–water partition coefficient (Wildman–Crippen LogP) is 2.89. The van der Waals surface area contributed by atoms with Crippen LogP contribution in [0.3, 0.4) is 0 Å². The lowest BCUT2D eigenvalue weighted by atomic mass is 10.3. The summed E-state index contributed by atoms with van der Waals surface area (Å²) < 4.78 is 103. The Labute approximate surface area is 136 Å². The van der Waals surface area contributed by atoms with Crippen LogP contribution in [0.4, 0.5) is 32.0 Å². The summed E-state index contributed by atoms with van der Waals surface area (Å²) in [5.41, 5.74) is -5.91. The number of benzene rings is 1. The summed E-state index contributed by atoms with van der Waals surface area (Å²) in [7, 11) is -4.58. The second-order valence-corrected chi connectivity index (χ2v) is 6.21. The molecule has 0 atom stereocenters. The summed E-state index contributed by atoms with van der Waals surface area (Å²) in [6.07, 6.45) is -4.75. The number of halogens is 6. The summed E-state index contributed by atoms with van der Waals surface area (Å²) in [6, 6.07) is 3.42. The van der Waals surface area contributed by atoms with Gasteiger partial charge in [-0.05, 0) is 24.3 Å². The van der Waals surface area contributed by atoms with Gasteiger partial charge in [0.2, 0.25) is 5.82 Å². The fourth-order valence-corrected chi connectivity index (χ4v) is 2.12. The van der Waals surface area contributed by atoms with Gasteiger partial charge in [0.05, 0.1) is 0 Å². The SMILES string of the molecule is Cn1c(Oc2ccc(NS(=O)(=O)C(F)(F)F)cc2)nnc1C(F)(F)F. The zero-order valence-electron chi connectivity index (χ0n) is 12.1. The van der Waals surface area contributed by atoms with Crippen LogP contribution in [0.1, 0.15) is 5.82 Å². The van der Waals surface area contributed by atoms with Crippen LogP contribution >= 0.6 is 0 Å². The van der Waals surface area contributed by atoms with Gasteiger partial charge < -0.3 is 4.74 Å². The number of sulfonamides is 1. The van der Waals surface area contributed by atoms with Crippen LogP contribution in [0.2, 0.25) is 0 Å². The monoisotopic (exact) mass is 390 g/mol. The predicted molar refractivity (Wildman–Crippen MR) is 71.1 cm³/mol. The van der Waals surface area contributed by atoms with E-state index >= 15 is 0 Å². The summed E-state index contributed by atoms with van der Waals surface area (Å²) >= 11 is 0. The van der Waals surface area contributed by atoms with Crippen molar-refractivity contribution in [2.24, 2.45) is 7.05 Å². The highest BCUT2D eigenvalue weighted by Gasteiger charge is 2.46. The maximum absolute atomic E-state index is 12.6. The van der Waals surface area contributed by atoms with Crippen molar-refractivity contribution >= 4 is 15.7 Å². The largest absolute Gasteiger partial charge is 0.516 e. The number of alkyl halides is 6. The first-order valence-corrected chi connectivity index (χ1v) is 7.63. The van der Waals surface area contributed by atoms with Gasteiger partial charge in [0, 0.05) is 12.7 Å². The molecule has 0 aliphatic rings. The molecular weight excluding hydrogens is 382 g/mol. The Morgan fingerprint density at radius 1 is 1.04 bits per heavy atom. The van der Waals surface area contributed by atoms with Crippen molar-refractivity contribution in [3.05, 3.63) is 30.1 Å². The topological polar surface area (TPSA) is 86.1 Å². The van der Waals surface area contributed by atoms with Crippen LogP contribution in [0.25, 0.3) is 0 Å². The molecule has 25 heavy (non-hydrogen) atoms. The molecule has 0 unspecified atom stereocenters. The Morgan fingerprint density at radius 2 is 1.60 bits per heavy atom. The molecule has 0 radical (unpaired) electrons. The zero-order chi connectivity index (χ0) is 19.0. The molecule has 2 aromatic rings. The lowest BCUT2D eigenvalue weighted by Crippen LogP contribution is -2.29. The molecule has 0 aliphatic carbocycles. The maximum atomic E-state index is 12.6. The first-order chi connectivity index (χ1) is 11.3. The van der Waals surface area contributed by atoms with E-state index < -0.39 is 39.2 Å². The van der Waals surface area contributed by atoms with Gasteiger partial charge in [-0.2, -0.15) is 34.8 Å². The molecule has 0 saturated carbocycles. The van der Waals surface area contributed by atoms with Crippen molar-refractivity contribution in [2.75, 3.05) is 4.72 Å². The number of rotatable bonds is 4. The van der Waals surface area contributed by atoms with E-state index in [9.17, 15) is 34.8 Å². The molecule has 2 rings (SSSR count). The minimum absolute atomic E-state index is 0.0980. The smallest absolute Gasteiger partial charge is 0.424 e. The lowest BCUT2D eigenvalue weighted by molar-refractivity contribution is -0.147. The first kappa shape index (κ1) is 18.8. The van der Waals surface area contributed by atoms with E-state index in [1.54, 1.807) is 0 Å². The second kappa shape index (κ2) is 6.09. The maximum Gasteiger partial charge on any atom is 0.516 e. The highest BCUT2D eigenvalue weighted by molar-refractivity contribution is 7.93. The third-order valence-electron chi connectivity index (χ3n) is 2.71. The second-order valence-electron chi connectivity index (χ2n) is 4.54. The molecule has 1 aromatic heterocycles. The van der Waals surface area contributed by atoms with E-state index in [1.165, 1.54) is 4.72 Å². The quantitative estimate of drug-likeness (QED) is 0.812. The Bertz CT molecular complexity index is 857. The van der Waals surface area contributed by atoms with Crippen LogP contribution in [0.5, 0.6) is 11.8 Å². The van der Waals surface area contributed by atoms with E-state index in [4.69, 9.17) is 4.74 Å². The molecule has 0 amide bonds.